The van der Waals surface area contributed by atoms with Crippen molar-refractivity contribution in [2.75, 3.05) is 13.4 Å². The highest BCUT2D eigenvalue weighted by atomic mass is 32.2. The van der Waals surface area contributed by atoms with Crippen LogP contribution in [0.5, 0.6) is 5.75 Å². The number of hydrogen-bond donors (Lipinski definition) is 1. The molecule has 1 atom stereocenters. The van der Waals surface area contributed by atoms with Gasteiger partial charge >= 0.3 is 0 Å². The Morgan fingerprint density at radius 1 is 1.40 bits per heavy atom. The molecule has 0 heterocycles. The zero-order valence-electron chi connectivity index (χ0n) is 9.02. The molecule has 0 bridgehead atoms. The van der Waals surface area contributed by atoms with Crippen molar-refractivity contribution < 1.29 is 13.2 Å². The summed E-state index contributed by atoms with van der Waals surface area (Å²) in [6, 6.07) is 7.05. The van der Waals surface area contributed by atoms with E-state index in [0.29, 0.717) is 0 Å². The van der Waals surface area contributed by atoms with E-state index in [1.54, 1.807) is 14.0 Å². The van der Waals surface area contributed by atoms with Gasteiger partial charge in [0.15, 0.2) is 0 Å². The Hall–Kier alpha value is -1.07. The zero-order valence-corrected chi connectivity index (χ0v) is 9.84. The Morgan fingerprint density at radius 2 is 2.07 bits per heavy atom. The number of methoxy groups -OCH3 is 1. The van der Waals surface area contributed by atoms with Crippen LogP contribution in [0.25, 0.3) is 0 Å². The number of rotatable bonds is 4. The topological polar surface area (TPSA) is 55.4 Å². The van der Waals surface area contributed by atoms with Gasteiger partial charge in [0.25, 0.3) is 0 Å². The Labute approximate surface area is 90.3 Å². The maximum atomic E-state index is 11.0. The van der Waals surface area contributed by atoms with Crippen molar-refractivity contribution in [1.82, 2.24) is 4.72 Å². The van der Waals surface area contributed by atoms with Crippen molar-refractivity contribution in [3.05, 3.63) is 29.8 Å². The van der Waals surface area contributed by atoms with E-state index >= 15 is 0 Å². The molecule has 0 aliphatic carbocycles. The molecule has 0 amide bonds. The monoisotopic (exact) mass is 229 g/mol. The first-order valence-corrected chi connectivity index (χ1v) is 6.43. The summed E-state index contributed by atoms with van der Waals surface area (Å²) in [6.07, 6.45) is 1.14. The van der Waals surface area contributed by atoms with E-state index in [0.717, 1.165) is 17.6 Å². The van der Waals surface area contributed by atoms with Gasteiger partial charge < -0.3 is 4.74 Å². The second-order valence-corrected chi connectivity index (χ2v) is 5.17. The summed E-state index contributed by atoms with van der Waals surface area (Å²) >= 11 is 0. The van der Waals surface area contributed by atoms with Crippen LogP contribution in [0.1, 0.15) is 18.5 Å². The fourth-order valence-electron chi connectivity index (χ4n) is 1.30. The third kappa shape index (κ3) is 3.89. The molecule has 0 aromatic heterocycles. The van der Waals surface area contributed by atoms with Crippen LogP contribution in [0, 0.1) is 0 Å². The van der Waals surface area contributed by atoms with Crippen LogP contribution in [0.3, 0.4) is 0 Å². The van der Waals surface area contributed by atoms with Crippen molar-refractivity contribution in [3.63, 3.8) is 0 Å². The molecule has 1 aromatic rings. The summed E-state index contributed by atoms with van der Waals surface area (Å²) in [5.74, 6) is 0.717. The Balaban J connectivity index is 2.86. The van der Waals surface area contributed by atoms with Gasteiger partial charge in [-0.25, -0.2) is 13.1 Å². The molecular formula is C10H15NO3S. The molecule has 0 spiro atoms. The largest absolute Gasteiger partial charge is 0.497 e. The van der Waals surface area contributed by atoms with Gasteiger partial charge in [-0.1, -0.05) is 12.1 Å². The first-order valence-electron chi connectivity index (χ1n) is 4.53. The van der Waals surface area contributed by atoms with Gasteiger partial charge in [0.05, 0.1) is 13.4 Å². The van der Waals surface area contributed by atoms with Crippen LogP contribution < -0.4 is 9.46 Å². The highest BCUT2D eigenvalue weighted by Crippen LogP contribution is 2.18. The Bertz CT molecular complexity index is 428. The van der Waals surface area contributed by atoms with Crippen molar-refractivity contribution in [3.8, 4) is 5.75 Å². The minimum absolute atomic E-state index is 0.255. The van der Waals surface area contributed by atoms with E-state index in [1.807, 2.05) is 24.3 Å². The molecule has 0 aliphatic heterocycles. The highest BCUT2D eigenvalue weighted by molar-refractivity contribution is 7.88. The molecule has 0 unspecified atom stereocenters. The SMILES string of the molecule is COc1cccc([C@@H](C)NS(C)(=O)=O)c1. The number of sulfonamides is 1. The number of benzene rings is 1. The molecule has 0 saturated heterocycles. The molecule has 15 heavy (non-hydrogen) atoms. The maximum absolute atomic E-state index is 11.0. The second-order valence-electron chi connectivity index (χ2n) is 3.39. The summed E-state index contributed by atoms with van der Waals surface area (Å²) < 4.78 is 29.6. The highest BCUT2D eigenvalue weighted by Gasteiger charge is 2.10. The van der Waals surface area contributed by atoms with Crippen LogP contribution in [-0.2, 0) is 10.0 Å². The standard InChI is InChI=1S/C10H15NO3S/c1-8(11-15(3,12)13)9-5-4-6-10(7-9)14-2/h4-8,11H,1-3H3/t8-/m1/s1. The lowest BCUT2D eigenvalue weighted by Gasteiger charge is -2.13. The lowest BCUT2D eigenvalue weighted by molar-refractivity contribution is 0.413. The predicted octanol–water partition coefficient (Wildman–Crippen LogP) is 1.31. The summed E-state index contributed by atoms with van der Waals surface area (Å²) in [5.41, 5.74) is 0.875. The summed E-state index contributed by atoms with van der Waals surface area (Å²) in [4.78, 5) is 0. The molecule has 5 heteroatoms. The zero-order chi connectivity index (χ0) is 11.5. The predicted molar refractivity (Wildman–Crippen MR) is 59.4 cm³/mol. The first kappa shape index (κ1) is 12.0. The molecule has 84 valence electrons. The fourth-order valence-corrected chi connectivity index (χ4v) is 2.08. The molecule has 0 aliphatic rings. The van der Waals surface area contributed by atoms with Crippen LogP contribution in [0.4, 0.5) is 0 Å². The first-order chi connectivity index (χ1) is 6.92. The quantitative estimate of drug-likeness (QED) is 0.846. The Morgan fingerprint density at radius 3 is 2.60 bits per heavy atom. The van der Waals surface area contributed by atoms with Gasteiger partial charge in [0, 0.05) is 6.04 Å². The molecular weight excluding hydrogens is 214 g/mol. The van der Waals surface area contributed by atoms with Gasteiger partial charge in [-0.05, 0) is 24.6 Å². The number of ether oxygens (including phenoxy) is 1. The van der Waals surface area contributed by atoms with Gasteiger partial charge in [0.2, 0.25) is 10.0 Å². The van der Waals surface area contributed by atoms with Crippen LogP contribution in [0.15, 0.2) is 24.3 Å². The van der Waals surface area contributed by atoms with E-state index in [-0.39, 0.29) is 6.04 Å². The number of nitrogens with one attached hydrogen (secondary N) is 1. The minimum Gasteiger partial charge on any atom is -0.497 e. The summed E-state index contributed by atoms with van der Waals surface area (Å²) in [7, 11) is -1.60. The smallest absolute Gasteiger partial charge is 0.209 e. The maximum Gasteiger partial charge on any atom is 0.209 e. The molecule has 4 nitrogen and oxygen atoms in total. The third-order valence-electron chi connectivity index (χ3n) is 1.98. The molecule has 1 rings (SSSR count). The van der Waals surface area contributed by atoms with Gasteiger partial charge in [0.1, 0.15) is 5.75 Å². The summed E-state index contributed by atoms with van der Waals surface area (Å²) in [6.45, 7) is 1.79. The molecule has 0 fully saturated rings. The van der Waals surface area contributed by atoms with E-state index in [2.05, 4.69) is 4.72 Å². The van der Waals surface area contributed by atoms with Crippen molar-refractivity contribution in [2.45, 2.75) is 13.0 Å². The average molecular weight is 229 g/mol. The van der Waals surface area contributed by atoms with Crippen molar-refractivity contribution >= 4 is 10.0 Å². The van der Waals surface area contributed by atoms with E-state index < -0.39 is 10.0 Å². The van der Waals surface area contributed by atoms with Crippen LogP contribution in [0.2, 0.25) is 0 Å². The van der Waals surface area contributed by atoms with Crippen molar-refractivity contribution in [1.29, 1.82) is 0 Å². The number of hydrogen-bond acceptors (Lipinski definition) is 3. The second kappa shape index (κ2) is 4.63. The average Bonchev–Trinajstić information content (AvgIpc) is 2.15. The van der Waals surface area contributed by atoms with Crippen LogP contribution >= 0.6 is 0 Å². The Kier molecular flexibility index (Phi) is 3.71. The lowest BCUT2D eigenvalue weighted by Crippen LogP contribution is -2.25. The van der Waals surface area contributed by atoms with E-state index in [4.69, 9.17) is 4.74 Å². The molecule has 1 aromatic carbocycles. The summed E-state index contributed by atoms with van der Waals surface area (Å²) in [5, 5.41) is 0. The van der Waals surface area contributed by atoms with E-state index in [9.17, 15) is 8.42 Å². The van der Waals surface area contributed by atoms with Gasteiger partial charge in [-0.15, -0.1) is 0 Å². The molecule has 0 saturated carbocycles. The van der Waals surface area contributed by atoms with Gasteiger partial charge in [-0.3, -0.25) is 0 Å². The van der Waals surface area contributed by atoms with E-state index in [1.165, 1.54) is 0 Å². The molecule has 1 N–H and O–H groups in total. The minimum atomic E-state index is -3.18. The van der Waals surface area contributed by atoms with Crippen LogP contribution in [-0.4, -0.2) is 21.8 Å². The normalized spacial score (nSPS) is 13.5. The van der Waals surface area contributed by atoms with Crippen molar-refractivity contribution in [2.24, 2.45) is 0 Å². The van der Waals surface area contributed by atoms with Gasteiger partial charge in [-0.2, -0.15) is 0 Å². The molecule has 0 radical (unpaired) electrons. The third-order valence-corrected chi connectivity index (χ3v) is 2.77. The fraction of sp³-hybridized carbons (Fsp3) is 0.400. The lowest BCUT2D eigenvalue weighted by atomic mass is 10.1.